The quantitative estimate of drug-likeness (QED) is 0.396. The van der Waals surface area contributed by atoms with Gasteiger partial charge in [0.2, 0.25) is 17.7 Å². The summed E-state index contributed by atoms with van der Waals surface area (Å²) in [5.41, 5.74) is 1.74. The zero-order valence-electron chi connectivity index (χ0n) is 18.4. The Balaban J connectivity index is 1.16. The molecule has 1 aliphatic heterocycles. The number of hydrogen-bond acceptors (Lipinski definition) is 6. The standard InChI is InChI=1S/C24H20ClFN6O3/c25-17-4-6-19(7-5-17)31-14-16(13-22(31)33)24(34)27-10-11-35-21-9-8-20-28-29-23(32(20)30-21)15-2-1-3-18(26)12-15/h1-9,12,16H,10-11,13-14H2,(H,27,34). The van der Waals surface area contributed by atoms with Crippen LogP contribution < -0.4 is 15.0 Å². The summed E-state index contributed by atoms with van der Waals surface area (Å²) in [5.74, 6) is -0.469. The molecule has 178 valence electrons. The van der Waals surface area contributed by atoms with E-state index in [1.807, 2.05) is 0 Å². The number of ether oxygens (including phenoxy) is 1. The third-order valence-corrected chi connectivity index (χ3v) is 5.86. The van der Waals surface area contributed by atoms with Crippen molar-refractivity contribution >= 4 is 34.7 Å². The SMILES string of the molecule is O=C(NCCOc1ccc2nnc(-c3cccc(F)c3)n2n1)C1CC(=O)N(c2ccc(Cl)cc2)C1. The Morgan fingerprint density at radius 2 is 1.97 bits per heavy atom. The molecular weight excluding hydrogens is 475 g/mol. The van der Waals surface area contributed by atoms with Crippen LogP contribution in [-0.4, -0.2) is 51.3 Å². The molecule has 3 heterocycles. The van der Waals surface area contributed by atoms with E-state index in [1.54, 1.807) is 53.4 Å². The molecule has 4 aromatic rings. The van der Waals surface area contributed by atoms with E-state index in [1.165, 1.54) is 16.6 Å². The Labute approximate surface area is 204 Å². The van der Waals surface area contributed by atoms with Crippen LogP contribution in [0.25, 0.3) is 17.0 Å². The summed E-state index contributed by atoms with van der Waals surface area (Å²) >= 11 is 5.91. The molecule has 1 fully saturated rings. The fourth-order valence-electron chi connectivity index (χ4n) is 3.88. The number of nitrogens with one attached hydrogen (secondary N) is 1. The van der Waals surface area contributed by atoms with Crippen molar-refractivity contribution in [3.63, 3.8) is 0 Å². The molecule has 2 aromatic heterocycles. The third-order valence-electron chi connectivity index (χ3n) is 5.61. The van der Waals surface area contributed by atoms with E-state index in [0.717, 1.165) is 0 Å². The number of carbonyl (C=O) groups excluding carboxylic acids is 2. The van der Waals surface area contributed by atoms with E-state index in [4.69, 9.17) is 16.3 Å². The number of rotatable bonds is 7. The van der Waals surface area contributed by atoms with E-state index in [2.05, 4.69) is 20.6 Å². The van der Waals surface area contributed by atoms with Gasteiger partial charge >= 0.3 is 0 Å². The van der Waals surface area contributed by atoms with Crippen molar-refractivity contribution in [1.29, 1.82) is 0 Å². The number of hydrogen-bond donors (Lipinski definition) is 1. The smallest absolute Gasteiger partial charge is 0.231 e. The van der Waals surface area contributed by atoms with Crippen molar-refractivity contribution in [2.24, 2.45) is 5.92 Å². The third kappa shape index (κ3) is 4.92. The summed E-state index contributed by atoms with van der Waals surface area (Å²) in [7, 11) is 0. The van der Waals surface area contributed by atoms with Crippen LogP contribution in [0.2, 0.25) is 5.02 Å². The molecule has 9 nitrogen and oxygen atoms in total. The Bertz CT molecular complexity index is 1390. The number of halogens is 2. The van der Waals surface area contributed by atoms with Gasteiger partial charge in [0, 0.05) is 35.3 Å². The van der Waals surface area contributed by atoms with Gasteiger partial charge in [0.25, 0.3) is 0 Å². The van der Waals surface area contributed by atoms with Gasteiger partial charge in [-0.05, 0) is 42.5 Å². The highest BCUT2D eigenvalue weighted by atomic mass is 35.5. The maximum atomic E-state index is 13.6. The van der Waals surface area contributed by atoms with Crippen LogP contribution in [0, 0.1) is 11.7 Å². The highest BCUT2D eigenvalue weighted by Crippen LogP contribution is 2.26. The number of amides is 2. The molecular formula is C24H20ClFN6O3. The minimum Gasteiger partial charge on any atom is -0.475 e. The monoisotopic (exact) mass is 494 g/mol. The normalized spacial score (nSPS) is 15.5. The molecule has 1 aliphatic rings. The van der Waals surface area contributed by atoms with Gasteiger partial charge in [0.1, 0.15) is 12.4 Å². The van der Waals surface area contributed by atoms with E-state index in [9.17, 15) is 14.0 Å². The molecule has 2 amide bonds. The molecule has 0 radical (unpaired) electrons. The van der Waals surface area contributed by atoms with Crippen molar-refractivity contribution < 1.29 is 18.7 Å². The number of carbonyl (C=O) groups is 2. The predicted octanol–water partition coefficient (Wildman–Crippen LogP) is 3.13. The molecule has 5 rings (SSSR count). The lowest BCUT2D eigenvalue weighted by molar-refractivity contribution is -0.126. The Morgan fingerprint density at radius 3 is 2.77 bits per heavy atom. The molecule has 0 saturated carbocycles. The number of benzene rings is 2. The van der Waals surface area contributed by atoms with Crippen LogP contribution in [0.4, 0.5) is 10.1 Å². The Hall–Kier alpha value is -4.05. The molecule has 2 aromatic carbocycles. The topological polar surface area (TPSA) is 102 Å². The Morgan fingerprint density at radius 1 is 1.14 bits per heavy atom. The zero-order chi connectivity index (χ0) is 24.4. The predicted molar refractivity (Wildman–Crippen MR) is 127 cm³/mol. The van der Waals surface area contributed by atoms with E-state index >= 15 is 0 Å². The van der Waals surface area contributed by atoms with E-state index in [-0.39, 0.29) is 37.2 Å². The number of anilines is 1. The first-order chi connectivity index (χ1) is 17.0. The minimum absolute atomic E-state index is 0.107. The first-order valence-corrected chi connectivity index (χ1v) is 11.3. The van der Waals surface area contributed by atoms with E-state index in [0.29, 0.717) is 40.2 Å². The van der Waals surface area contributed by atoms with Crippen molar-refractivity contribution in [2.45, 2.75) is 6.42 Å². The maximum Gasteiger partial charge on any atom is 0.231 e. The lowest BCUT2D eigenvalue weighted by Gasteiger charge is -2.16. The van der Waals surface area contributed by atoms with Crippen molar-refractivity contribution in [3.05, 3.63) is 71.5 Å². The van der Waals surface area contributed by atoms with Gasteiger partial charge < -0.3 is 15.0 Å². The van der Waals surface area contributed by atoms with Crippen LogP contribution in [-0.2, 0) is 9.59 Å². The first-order valence-electron chi connectivity index (χ1n) is 10.9. The number of fused-ring (bicyclic) bond motifs is 1. The molecule has 1 saturated heterocycles. The van der Waals surface area contributed by atoms with Gasteiger partial charge in [0.05, 0.1) is 12.5 Å². The van der Waals surface area contributed by atoms with Crippen LogP contribution in [0.1, 0.15) is 6.42 Å². The summed E-state index contributed by atoms with van der Waals surface area (Å²) in [6, 6.07) is 16.3. The van der Waals surface area contributed by atoms with Crippen LogP contribution in [0.3, 0.4) is 0 Å². The van der Waals surface area contributed by atoms with E-state index < -0.39 is 5.92 Å². The minimum atomic E-state index is -0.446. The highest BCUT2D eigenvalue weighted by Gasteiger charge is 2.34. The molecule has 1 atom stereocenters. The number of nitrogens with zero attached hydrogens (tertiary/aromatic N) is 5. The second kappa shape index (κ2) is 9.67. The van der Waals surface area contributed by atoms with Crippen LogP contribution in [0.15, 0.2) is 60.7 Å². The molecule has 1 unspecified atom stereocenters. The largest absolute Gasteiger partial charge is 0.475 e. The molecule has 11 heteroatoms. The summed E-state index contributed by atoms with van der Waals surface area (Å²) in [5, 5.41) is 15.9. The Kier molecular flexibility index (Phi) is 6.28. The van der Waals surface area contributed by atoms with Crippen LogP contribution in [0.5, 0.6) is 5.88 Å². The lowest BCUT2D eigenvalue weighted by Crippen LogP contribution is -2.35. The summed E-state index contributed by atoms with van der Waals surface area (Å²) < 4.78 is 20.7. The average Bonchev–Trinajstić information content (AvgIpc) is 3.45. The second-order valence-electron chi connectivity index (χ2n) is 8.00. The fourth-order valence-corrected chi connectivity index (χ4v) is 4.01. The van der Waals surface area contributed by atoms with Gasteiger partial charge in [-0.2, -0.15) is 4.52 Å². The summed E-state index contributed by atoms with van der Waals surface area (Å²) in [6.45, 7) is 0.716. The molecule has 35 heavy (non-hydrogen) atoms. The molecule has 0 spiro atoms. The van der Waals surface area contributed by atoms with Gasteiger partial charge in [0.15, 0.2) is 11.5 Å². The van der Waals surface area contributed by atoms with Crippen LogP contribution >= 0.6 is 11.6 Å². The van der Waals surface area contributed by atoms with Crippen molar-refractivity contribution in [1.82, 2.24) is 25.1 Å². The fraction of sp³-hybridized carbons (Fsp3) is 0.208. The molecule has 1 N–H and O–H groups in total. The lowest BCUT2D eigenvalue weighted by atomic mass is 10.1. The maximum absolute atomic E-state index is 13.6. The number of aromatic nitrogens is 4. The zero-order valence-corrected chi connectivity index (χ0v) is 19.2. The molecule has 0 bridgehead atoms. The van der Waals surface area contributed by atoms with Gasteiger partial charge in [-0.25, -0.2) is 4.39 Å². The van der Waals surface area contributed by atoms with Gasteiger partial charge in [-0.15, -0.1) is 15.3 Å². The highest BCUT2D eigenvalue weighted by molar-refractivity contribution is 6.30. The van der Waals surface area contributed by atoms with Crippen molar-refractivity contribution in [2.75, 3.05) is 24.6 Å². The van der Waals surface area contributed by atoms with Crippen molar-refractivity contribution in [3.8, 4) is 17.3 Å². The van der Waals surface area contributed by atoms with Gasteiger partial charge in [-0.3, -0.25) is 9.59 Å². The summed E-state index contributed by atoms with van der Waals surface area (Å²) in [6.07, 6.45) is 0.143. The van der Waals surface area contributed by atoms with Gasteiger partial charge in [-0.1, -0.05) is 23.7 Å². The summed E-state index contributed by atoms with van der Waals surface area (Å²) in [4.78, 5) is 26.5. The first kappa shape index (κ1) is 22.7. The molecule has 0 aliphatic carbocycles. The second-order valence-corrected chi connectivity index (χ2v) is 8.43. The average molecular weight is 495 g/mol.